The van der Waals surface area contributed by atoms with Gasteiger partial charge in [-0.05, 0) is 31.0 Å². The van der Waals surface area contributed by atoms with Gasteiger partial charge < -0.3 is 20.3 Å². The van der Waals surface area contributed by atoms with E-state index < -0.39 is 5.97 Å². The number of likely N-dealkylation sites (tertiary alicyclic amines) is 1. The molecule has 6 heteroatoms. The van der Waals surface area contributed by atoms with E-state index in [0.29, 0.717) is 11.3 Å². The van der Waals surface area contributed by atoms with Crippen LogP contribution in [0.1, 0.15) is 23.2 Å². The average molecular weight is 291 g/mol. The molecule has 1 fully saturated rings. The molecule has 2 rings (SSSR count). The smallest absolute Gasteiger partial charge is 0.340 e. The number of hydrogen-bond acceptors (Lipinski definition) is 5. The van der Waals surface area contributed by atoms with E-state index in [2.05, 4.69) is 0 Å². The SMILES string of the molecule is COC(=O)c1cc(N(C)CC(=O)N2CCCC2)ccc1N. The molecule has 1 aliphatic heterocycles. The number of anilines is 2. The van der Waals surface area contributed by atoms with Crippen LogP contribution in [0, 0.1) is 0 Å². The van der Waals surface area contributed by atoms with E-state index in [1.165, 1.54) is 7.11 Å². The van der Waals surface area contributed by atoms with Gasteiger partial charge in [-0.15, -0.1) is 0 Å². The number of nitrogens with zero attached hydrogens (tertiary/aromatic N) is 2. The molecule has 0 aliphatic carbocycles. The second-order valence-corrected chi connectivity index (χ2v) is 5.21. The zero-order chi connectivity index (χ0) is 15.4. The molecule has 6 nitrogen and oxygen atoms in total. The number of nitrogen functional groups attached to an aromatic ring is 1. The monoisotopic (exact) mass is 291 g/mol. The Morgan fingerprint density at radius 3 is 2.62 bits per heavy atom. The second kappa shape index (κ2) is 6.47. The van der Waals surface area contributed by atoms with Gasteiger partial charge in [-0.1, -0.05) is 0 Å². The first-order chi connectivity index (χ1) is 10.0. The molecule has 1 saturated heterocycles. The van der Waals surface area contributed by atoms with Gasteiger partial charge in [0.2, 0.25) is 5.91 Å². The van der Waals surface area contributed by atoms with Gasteiger partial charge in [0.25, 0.3) is 0 Å². The lowest BCUT2D eigenvalue weighted by molar-refractivity contribution is -0.128. The molecule has 0 aromatic heterocycles. The molecule has 2 N–H and O–H groups in total. The van der Waals surface area contributed by atoms with Crippen LogP contribution in [0.5, 0.6) is 0 Å². The molecule has 1 amide bonds. The van der Waals surface area contributed by atoms with E-state index >= 15 is 0 Å². The van der Waals surface area contributed by atoms with E-state index in [-0.39, 0.29) is 12.5 Å². The maximum absolute atomic E-state index is 12.1. The van der Waals surface area contributed by atoms with Crippen LogP contribution in [0.2, 0.25) is 0 Å². The van der Waals surface area contributed by atoms with Crippen molar-refractivity contribution in [1.82, 2.24) is 4.90 Å². The Balaban J connectivity index is 2.09. The highest BCUT2D eigenvalue weighted by Crippen LogP contribution is 2.21. The molecule has 1 aliphatic rings. The first kappa shape index (κ1) is 15.2. The first-order valence-electron chi connectivity index (χ1n) is 6.99. The summed E-state index contributed by atoms with van der Waals surface area (Å²) in [5.41, 5.74) is 7.21. The standard InChI is InChI=1S/C15H21N3O3/c1-17(10-14(19)18-7-3-4-8-18)11-5-6-13(16)12(9-11)15(20)21-2/h5-6,9H,3-4,7-8,10,16H2,1-2H3. The minimum atomic E-state index is -0.478. The normalized spacial score (nSPS) is 14.1. The van der Waals surface area contributed by atoms with Gasteiger partial charge in [0.05, 0.1) is 19.2 Å². The Hall–Kier alpha value is -2.24. The van der Waals surface area contributed by atoms with E-state index in [9.17, 15) is 9.59 Å². The molecular weight excluding hydrogens is 270 g/mol. The molecule has 21 heavy (non-hydrogen) atoms. The molecule has 1 heterocycles. The minimum Gasteiger partial charge on any atom is -0.465 e. The number of carbonyl (C=O) groups is 2. The predicted octanol–water partition coefficient (Wildman–Crippen LogP) is 1.11. The van der Waals surface area contributed by atoms with Gasteiger partial charge in [-0.25, -0.2) is 4.79 Å². The number of likely N-dealkylation sites (N-methyl/N-ethyl adjacent to an activating group) is 1. The maximum Gasteiger partial charge on any atom is 0.340 e. The average Bonchev–Trinajstić information content (AvgIpc) is 3.01. The molecule has 0 unspecified atom stereocenters. The van der Waals surface area contributed by atoms with Gasteiger partial charge in [0, 0.05) is 31.5 Å². The van der Waals surface area contributed by atoms with Crippen LogP contribution in [0.4, 0.5) is 11.4 Å². The summed E-state index contributed by atoms with van der Waals surface area (Å²) in [5.74, 6) is -0.375. The number of carbonyl (C=O) groups excluding carboxylic acids is 2. The molecule has 1 aromatic carbocycles. The summed E-state index contributed by atoms with van der Waals surface area (Å²) in [6, 6.07) is 5.09. The Morgan fingerprint density at radius 1 is 1.33 bits per heavy atom. The quantitative estimate of drug-likeness (QED) is 0.664. The number of esters is 1. The van der Waals surface area contributed by atoms with Crippen molar-refractivity contribution in [3.8, 4) is 0 Å². The number of rotatable bonds is 4. The third kappa shape index (κ3) is 3.45. The van der Waals surface area contributed by atoms with Crippen molar-refractivity contribution in [3.63, 3.8) is 0 Å². The highest BCUT2D eigenvalue weighted by atomic mass is 16.5. The van der Waals surface area contributed by atoms with Gasteiger partial charge in [-0.2, -0.15) is 0 Å². The number of methoxy groups -OCH3 is 1. The maximum atomic E-state index is 12.1. The van der Waals surface area contributed by atoms with Crippen LogP contribution in [0.15, 0.2) is 18.2 Å². The fourth-order valence-electron chi connectivity index (χ4n) is 2.43. The lowest BCUT2D eigenvalue weighted by Crippen LogP contribution is -2.37. The second-order valence-electron chi connectivity index (χ2n) is 5.21. The summed E-state index contributed by atoms with van der Waals surface area (Å²) < 4.78 is 4.70. The number of benzene rings is 1. The highest BCUT2D eigenvalue weighted by molar-refractivity contribution is 5.96. The zero-order valence-corrected chi connectivity index (χ0v) is 12.5. The summed E-state index contributed by atoms with van der Waals surface area (Å²) in [7, 11) is 3.13. The Kier molecular flexibility index (Phi) is 4.67. The molecular formula is C15H21N3O3. The lowest BCUT2D eigenvalue weighted by atomic mass is 10.1. The highest BCUT2D eigenvalue weighted by Gasteiger charge is 2.20. The van der Waals surface area contributed by atoms with E-state index in [1.54, 1.807) is 18.2 Å². The van der Waals surface area contributed by atoms with Crippen LogP contribution in [-0.2, 0) is 9.53 Å². The Bertz CT molecular complexity index is 539. The van der Waals surface area contributed by atoms with E-state index in [0.717, 1.165) is 31.6 Å². The zero-order valence-electron chi connectivity index (χ0n) is 12.5. The third-order valence-electron chi connectivity index (χ3n) is 3.71. The molecule has 0 spiro atoms. The molecule has 0 radical (unpaired) electrons. The van der Waals surface area contributed by atoms with Gasteiger partial charge in [-0.3, -0.25) is 4.79 Å². The summed E-state index contributed by atoms with van der Waals surface area (Å²) in [6.07, 6.45) is 2.15. The minimum absolute atomic E-state index is 0.103. The fourth-order valence-corrected chi connectivity index (χ4v) is 2.43. The van der Waals surface area contributed by atoms with E-state index in [1.807, 2.05) is 16.8 Å². The van der Waals surface area contributed by atoms with Crippen LogP contribution < -0.4 is 10.6 Å². The number of hydrogen-bond donors (Lipinski definition) is 1. The molecule has 0 bridgehead atoms. The number of ether oxygens (including phenoxy) is 1. The van der Waals surface area contributed by atoms with Crippen LogP contribution in [0.25, 0.3) is 0 Å². The largest absolute Gasteiger partial charge is 0.465 e. The van der Waals surface area contributed by atoms with Crippen molar-refractivity contribution in [3.05, 3.63) is 23.8 Å². The lowest BCUT2D eigenvalue weighted by Gasteiger charge is -2.23. The third-order valence-corrected chi connectivity index (χ3v) is 3.71. The van der Waals surface area contributed by atoms with Gasteiger partial charge >= 0.3 is 5.97 Å². The van der Waals surface area contributed by atoms with Crippen molar-refractivity contribution in [2.24, 2.45) is 0 Å². The Labute approximate surface area is 124 Å². The first-order valence-corrected chi connectivity index (χ1v) is 6.99. The van der Waals surface area contributed by atoms with E-state index in [4.69, 9.17) is 10.5 Å². The summed E-state index contributed by atoms with van der Waals surface area (Å²) in [4.78, 5) is 27.5. The number of amides is 1. The summed E-state index contributed by atoms with van der Waals surface area (Å²) in [5, 5.41) is 0. The van der Waals surface area contributed by atoms with Crippen LogP contribution in [-0.4, -0.2) is 50.6 Å². The molecule has 0 saturated carbocycles. The Morgan fingerprint density at radius 2 is 2.00 bits per heavy atom. The van der Waals surface area contributed by atoms with Crippen molar-refractivity contribution in [1.29, 1.82) is 0 Å². The topological polar surface area (TPSA) is 75.9 Å². The van der Waals surface area contributed by atoms with Crippen molar-refractivity contribution in [2.45, 2.75) is 12.8 Å². The molecule has 114 valence electrons. The predicted molar refractivity (Wildman–Crippen MR) is 81.3 cm³/mol. The summed E-state index contributed by atoms with van der Waals surface area (Å²) >= 11 is 0. The van der Waals surface area contributed by atoms with Crippen molar-refractivity contribution in [2.75, 3.05) is 44.4 Å². The van der Waals surface area contributed by atoms with Crippen LogP contribution >= 0.6 is 0 Å². The molecule has 0 atom stereocenters. The molecule has 1 aromatic rings. The fraction of sp³-hybridized carbons (Fsp3) is 0.467. The van der Waals surface area contributed by atoms with Crippen LogP contribution in [0.3, 0.4) is 0 Å². The van der Waals surface area contributed by atoms with Gasteiger partial charge in [0.1, 0.15) is 0 Å². The van der Waals surface area contributed by atoms with Crippen molar-refractivity contribution >= 4 is 23.3 Å². The van der Waals surface area contributed by atoms with Crippen molar-refractivity contribution < 1.29 is 14.3 Å². The summed E-state index contributed by atoms with van der Waals surface area (Å²) in [6.45, 7) is 1.95. The van der Waals surface area contributed by atoms with Gasteiger partial charge in [0.15, 0.2) is 0 Å². The number of nitrogens with two attached hydrogens (primary N) is 1.